The van der Waals surface area contributed by atoms with Crippen molar-refractivity contribution in [3.63, 3.8) is 0 Å². The molecule has 2 aliphatic rings. The topological polar surface area (TPSA) is 23.6 Å². The standard InChI is InChI=1S/C23H29FN2OS/c1-16-9-12-28-22(16)23(27)26-13-17(2)20(15-26)14-25-10-7-19(8-11-25)18-3-5-21(24)6-4-18/h3-6,9,12,17,19-20H,7-8,10-11,13-15H2,1-2H3. The van der Waals surface area contributed by atoms with Crippen molar-refractivity contribution in [3.05, 3.63) is 57.5 Å². The molecule has 0 aliphatic carbocycles. The van der Waals surface area contributed by atoms with Gasteiger partial charge in [0.1, 0.15) is 5.82 Å². The average Bonchev–Trinajstić information content (AvgIpc) is 3.28. The molecule has 2 atom stereocenters. The van der Waals surface area contributed by atoms with Crippen LogP contribution < -0.4 is 0 Å². The SMILES string of the molecule is Cc1ccsc1C(=O)N1CC(C)C(CN2CCC(c3ccc(F)cc3)CC2)C1. The van der Waals surface area contributed by atoms with Gasteiger partial charge >= 0.3 is 0 Å². The highest BCUT2D eigenvalue weighted by Gasteiger charge is 2.35. The predicted octanol–water partition coefficient (Wildman–Crippen LogP) is 4.78. The Bertz CT molecular complexity index is 810. The van der Waals surface area contributed by atoms with E-state index in [2.05, 4.69) is 16.7 Å². The Balaban J connectivity index is 1.30. The van der Waals surface area contributed by atoms with E-state index < -0.39 is 0 Å². The molecule has 150 valence electrons. The molecule has 2 fully saturated rings. The highest BCUT2D eigenvalue weighted by Crippen LogP contribution is 2.31. The van der Waals surface area contributed by atoms with E-state index in [4.69, 9.17) is 0 Å². The number of amides is 1. The molecule has 2 aliphatic heterocycles. The molecule has 1 aromatic carbocycles. The van der Waals surface area contributed by atoms with Crippen molar-refractivity contribution in [2.75, 3.05) is 32.7 Å². The van der Waals surface area contributed by atoms with Crippen molar-refractivity contribution in [1.29, 1.82) is 0 Å². The molecule has 28 heavy (non-hydrogen) atoms. The number of carbonyl (C=O) groups is 1. The van der Waals surface area contributed by atoms with E-state index in [1.807, 2.05) is 30.5 Å². The normalized spacial score (nSPS) is 24.0. The van der Waals surface area contributed by atoms with Crippen LogP contribution in [0.2, 0.25) is 0 Å². The summed E-state index contributed by atoms with van der Waals surface area (Å²) in [5.74, 6) is 1.67. The monoisotopic (exact) mass is 400 g/mol. The van der Waals surface area contributed by atoms with Gasteiger partial charge in [0, 0.05) is 19.6 Å². The van der Waals surface area contributed by atoms with Crippen molar-refractivity contribution in [2.24, 2.45) is 11.8 Å². The molecule has 0 saturated carbocycles. The average molecular weight is 401 g/mol. The number of rotatable bonds is 4. The summed E-state index contributed by atoms with van der Waals surface area (Å²) in [5, 5.41) is 2.00. The van der Waals surface area contributed by atoms with Gasteiger partial charge in [0.15, 0.2) is 0 Å². The third kappa shape index (κ3) is 4.15. The molecule has 0 radical (unpaired) electrons. The van der Waals surface area contributed by atoms with Gasteiger partial charge < -0.3 is 9.80 Å². The zero-order valence-corrected chi connectivity index (χ0v) is 17.6. The lowest BCUT2D eigenvalue weighted by atomic mass is 9.88. The Kier molecular flexibility index (Phi) is 5.83. The first kappa shape index (κ1) is 19.6. The van der Waals surface area contributed by atoms with E-state index in [-0.39, 0.29) is 11.7 Å². The highest BCUT2D eigenvalue weighted by molar-refractivity contribution is 7.12. The number of hydrogen-bond donors (Lipinski definition) is 0. The van der Waals surface area contributed by atoms with E-state index in [1.54, 1.807) is 23.5 Å². The van der Waals surface area contributed by atoms with Crippen molar-refractivity contribution < 1.29 is 9.18 Å². The number of piperidine rings is 1. The number of aryl methyl sites for hydroxylation is 1. The van der Waals surface area contributed by atoms with Crippen LogP contribution in [-0.4, -0.2) is 48.4 Å². The van der Waals surface area contributed by atoms with Gasteiger partial charge in [-0.25, -0.2) is 4.39 Å². The van der Waals surface area contributed by atoms with Crippen LogP contribution in [0.5, 0.6) is 0 Å². The minimum atomic E-state index is -0.159. The quantitative estimate of drug-likeness (QED) is 0.737. The lowest BCUT2D eigenvalue weighted by Crippen LogP contribution is -2.38. The number of nitrogens with zero attached hydrogens (tertiary/aromatic N) is 2. The van der Waals surface area contributed by atoms with Gasteiger partial charge in [-0.05, 0) is 85.3 Å². The Labute approximate surface area is 171 Å². The van der Waals surface area contributed by atoms with Crippen LogP contribution >= 0.6 is 11.3 Å². The van der Waals surface area contributed by atoms with E-state index >= 15 is 0 Å². The molecule has 1 aromatic heterocycles. The number of carbonyl (C=O) groups excluding carboxylic acids is 1. The maximum absolute atomic E-state index is 13.1. The summed E-state index contributed by atoms with van der Waals surface area (Å²) in [7, 11) is 0. The van der Waals surface area contributed by atoms with Gasteiger partial charge in [-0.1, -0.05) is 19.1 Å². The van der Waals surface area contributed by atoms with Crippen molar-refractivity contribution in [1.82, 2.24) is 9.80 Å². The molecule has 2 saturated heterocycles. The molecule has 3 nitrogen and oxygen atoms in total. The maximum atomic E-state index is 13.1. The van der Waals surface area contributed by atoms with E-state index in [1.165, 1.54) is 5.56 Å². The third-order valence-electron chi connectivity index (χ3n) is 6.53. The molecule has 5 heteroatoms. The largest absolute Gasteiger partial charge is 0.337 e. The first-order valence-corrected chi connectivity index (χ1v) is 11.2. The number of hydrogen-bond acceptors (Lipinski definition) is 3. The van der Waals surface area contributed by atoms with Gasteiger partial charge in [-0.2, -0.15) is 0 Å². The zero-order valence-electron chi connectivity index (χ0n) is 16.7. The van der Waals surface area contributed by atoms with Crippen LogP contribution in [0.15, 0.2) is 35.7 Å². The Hall–Kier alpha value is -1.72. The Morgan fingerprint density at radius 3 is 2.50 bits per heavy atom. The highest BCUT2D eigenvalue weighted by atomic mass is 32.1. The molecule has 3 heterocycles. The lowest BCUT2D eigenvalue weighted by molar-refractivity contribution is 0.0784. The fraction of sp³-hybridized carbons (Fsp3) is 0.522. The summed E-state index contributed by atoms with van der Waals surface area (Å²) in [4.78, 5) is 18.3. The summed E-state index contributed by atoms with van der Waals surface area (Å²) in [6.45, 7) is 9.29. The second-order valence-electron chi connectivity index (χ2n) is 8.51. The summed E-state index contributed by atoms with van der Waals surface area (Å²) in [6.07, 6.45) is 2.26. The minimum absolute atomic E-state index is 0.159. The van der Waals surface area contributed by atoms with Crippen LogP contribution in [-0.2, 0) is 0 Å². The minimum Gasteiger partial charge on any atom is -0.337 e. The smallest absolute Gasteiger partial charge is 0.264 e. The fourth-order valence-corrected chi connectivity index (χ4v) is 5.58. The summed E-state index contributed by atoms with van der Waals surface area (Å²) in [5.41, 5.74) is 2.35. The molecule has 0 N–H and O–H groups in total. The summed E-state index contributed by atoms with van der Waals surface area (Å²) in [6, 6.07) is 9.04. The fourth-order valence-electron chi connectivity index (χ4n) is 4.69. The van der Waals surface area contributed by atoms with Gasteiger partial charge in [0.25, 0.3) is 5.91 Å². The molecule has 2 unspecified atom stereocenters. The number of likely N-dealkylation sites (tertiary alicyclic amines) is 2. The second-order valence-corrected chi connectivity index (χ2v) is 9.42. The van der Waals surface area contributed by atoms with Gasteiger partial charge in [0.2, 0.25) is 0 Å². The lowest BCUT2D eigenvalue weighted by Gasteiger charge is -2.34. The number of thiophene rings is 1. The number of halogens is 1. The molecule has 0 spiro atoms. The molecule has 0 bridgehead atoms. The third-order valence-corrected chi connectivity index (χ3v) is 7.54. The van der Waals surface area contributed by atoms with Crippen LogP contribution in [0.4, 0.5) is 4.39 Å². The van der Waals surface area contributed by atoms with E-state index in [0.29, 0.717) is 17.8 Å². The maximum Gasteiger partial charge on any atom is 0.264 e. The first-order chi connectivity index (χ1) is 13.5. The molecule has 1 amide bonds. The second kappa shape index (κ2) is 8.34. The van der Waals surface area contributed by atoms with Crippen molar-refractivity contribution in [2.45, 2.75) is 32.6 Å². The Morgan fingerprint density at radius 1 is 1.14 bits per heavy atom. The van der Waals surface area contributed by atoms with Crippen LogP contribution in [0.25, 0.3) is 0 Å². The summed E-state index contributed by atoms with van der Waals surface area (Å²) >= 11 is 1.56. The predicted molar refractivity (Wildman–Crippen MR) is 112 cm³/mol. The summed E-state index contributed by atoms with van der Waals surface area (Å²) < 4.78 is 13.1. The van der Waals surface area contributed by atoms with E-state index in [0.717, 1.165) is 56.0 Å². The number of benzene rings is 1. The van der Waals surface area contributed by atoms with E-state index in [9.17, 15) is 9.18 Å². The van der Waals surface area contributed by atoms with Gasteiger partial charge in [-0.3, -0.25) is 4.79 Å². The molecular weight excluding hydrogens is 371 g/mol. The van der Waals surface area contributed by atoms with Crippen LogP contribution in [0.1, 0.15) is 46.5 Å². The van der Waals surface area contributed by atoms with Crippen LogP contribution in [0, 0.1) is 24.6 Å². The molecular formula is C23H29FN2OS. The van der Waals surface area contributed by atoms with Crippen molar-refractivity contribution >= 4 is 17.2 Å². The molecule has 4 rings (SSSR count). The van der Waals surface area contributed by atoms with Crippen molar-refractivity contribution in [3.8, 4) is 0 Å². The molecule has 2 aromatic rings. The van der Waals surface area contributed by atoms with Crippen LogP contribution in [0.3, 0.4) is 0 Å². The first-order valence-electron chi connectivity index (χ1n) is 10.3. The Morgan fingerprint density at radius 2 is 1.86 bits per heavy atom. The van der Waals surface area contributed by atoms with Gasteiger partial charge in [-0.15, -0.1) is 11.3 Å². The zero-order chi connectivity index (χ0) is 19.7. The van der Waals surface area contributed by atoms with Gasteiger partial charge in [0.05, 0.1) is 4.88 Å².